The normalized spacial score (nSPS) is 13.4. The Hall–Kier alpha value is -2.86. The minimum absolute atomic E-state index is 0.0281. The van der Waals surface area contributed by atoms with Crippen molar-refractivity contribution in [3.8, 4) is 0 Å². The molecule has 31 heavy (non-hydrogen) atoms. The lowest BCUT2D eigenvalue weighted by molar-refractivity contribution is 0.0785. The quantitative estimate of drug-likeness (QED) is 0.391. The smallest absolute Gasteiger partial charge is 0.253 e. The molecule has 0 unspecified atom stereocenters. The number of nitrogens with zero attached hydrogens (tertiary/aromatic N) is 4. The Bertz CT molecular complexity index is 1020. The first-order valence-corrected chi connectivity index (χ1v) is 11.7. The molecule has 1 fully saturated rings. The lowest BCUT2D eigenvalue weighted by Gasteiger charge is -2.18. The van der Waals surface area contributed by atoms with Crippen LogP contribution >= 0.6 is 11.8 Å². The number of thioether (sulfide) groups is 1. The molecule has 2 aromatic carbocycles. The number of aromatic nitrogens is 2. The van der Waals surface area contributed by atoms with Crippen LogP contribution < -0.4 is 4.90 Å². The summed E-state index contributed by atoms with van der Waals surface area (Å²) in [7, 11) is 1.84. The minimum Gasteiger partial charge on any atom is -0.356 e. The second kappa shape index (κ2) is 9.96. The van der Waals surface area contributed by atoms with Crippen LogP contribution in [-0.4, -0.2) is 40.9 Å². The highest BCUT2D eigenvalue weighted by molar-refractivity contribution is 7.98. The molecule has 160 valence electrons. The van der Waals surface area contributed by atoms with E-state index in [1.807, 2.05) is 68.6 Å². The molecule has 1 aromatic heterocycles. The maximum Gasteiger partial charge on any atom is 0.253 e. The molecule has 3 aromatic rings. The topological polar surface area (TPSA) is 49.3 Å². The standard InChI is InChI=1S/C25H28N4OS/c1-19-16-23(29-14-6-7-15-29)27-25(26-19)31-18-21-10-12-22(13-11-21)24(30)28(2)17-20-8-4-3-5-9-20/h3-5,8-13,16H,6-7,14-15,17-18H2,1-2H3. The van der Waals surface area contributed by atoms with E-state index in [1.165, 1.54) is 12.8 Å². The van der Waals surface area contributed by atoms with E-state index in [4.69, 9.17) is 4.98 Å². The van der Waals surface area contributed by atoms with Gasteiger partial charge in [0.25, 0.3) is 5.91 Å². The molecule has 0 N–H and O–H groups in total. The average Bonchev–Trinajstić information content (AvgIpc) is 3.33. The molecule has 0 bridgehead atoms. The zero-order valence-corrected chi connectivity index (χ0v) is 18.9. The first-order chi connectivity index (χ1) is 15.1. The van der Waals surface area contributed by atoms with Crippen LogP contribution in [0, 0.1) is 6.92 Å². The Morgan fingerprint density at radius 3 is 2.42 bits per heavy atom. The van der Waals surface area contributed by atoms with Gasteiger partial charge in [-0.15, -0.1) is 0 Å². The van der Waals surface area contributed by atoms with E-state index in [1.54, 1.807) is 16.7 Å². The van der Waals surface area contributed by atoms with Crippen molar-refractivity contribution in [2.45, 2.75) is 37.2 Å². The van der Waals surface area contributed by atoms with Crippen LogP contribution in [-0.2, 0) is 12.3 Å². The predicted octanol–water partition coefficient (Wildman–Crippen LogP) is 4.95. The number of rotatable bonds is 7. The van der Waals surface area contributed by atoms with E-state index in [0.717, 1.165) is 46.6 Å². The van der Waals surface area contributed by atoms with Gasteiger partial charge in [-0.1, -0.05) is 54.2 Å². The lowest BCUT2D eigenvalue weighted by atomic mass is 10.1. The van der Waals surface area contributed by atoms with Crippen LogP contribution in [0.25, 0.3) is 0 Å². The number of benzene rings is 2. The monoisotopic (exact) mass is 432 g/mol. The van der Waals surface area contributed by atoms with Gasteiger partial charge in [-0.25, -0.2) is 9.97 Å². The van der Waals surface area contributed by atoms with Gasteiger partial charge in [-0.05, 0) is 43.0 Å². The number of amides is 1. The summed E-state index contributed by atoms with van der Waals surface area (Å²) >= 11 is 1.64. The van der Waals surface area contributed by atoms with Crippen LogP contribution in [0.2, 0.25) is 0 Å². The highest BCUT2D eigenvalue weighted by Crippen LogP contribution is 2.25. The summed E-state index contributed by atoms with van der Waals surface area (Å²) < 4.78 is 0. The van der Waals surface area contributed by atoms with Crippen molar-refractivity contribution < 1.29 is 4.79 Å². The number of carbonyl (C=O) groups excluding carboxylic acids is 1. The highest BCUT2D eigenvalue weighted by Gasteiger charge is 2.16. The van der Waals surface area contributed by atoms with Gasteiger partial charge in [-0.2, -0.15) is 0 Å². The average molecular weight is 433 g/mol. The van der Waals surface area contributed by atoms with Crippen molar-refractivity contribution in [2.75, 3.05) is 25.0 Å². The van der Waals surface area contributed by atoms with Gasteiger partial charge in [0.1, 0.15) is 5.82 Å². The van der Waals surface area contributed by atoms with Crippen molar-refractivity contribution in [3.05, 3.63) is 83.0 Å². The third kappa shape index (κ3) is 5.64. The van der Waals surface area contributed by atoms with Gasteiger partial charge in [0, 0.05) is 49.8 Å². The minimum atomic E-state index is 0.0281. The zero-order chi connectivity index (χ0) is 21.6. The molecule has 5 nitrogen and oxygen atoms in total. The molecular weight excluding hydrogens is 404 g/mol. The predicted molar refractivity (Wildman–Crippen MR) is 126 cm³/mol. The van der Waals surface area contributed by atoms with E-state index in [-0.39, 0.29) is 5.91 Å². The molecule has 2 heterocycles. The molecule has 1 aliphatic rings. The van der Waals surface area contributed by atoms with Gasteiger partial charge < -0.3 is 9.80 Å². The zero-order valence-electron chi connectivity index (χ0n) is 18.1. The van der Waals surface area contributed by atoms with Crippen LogP contribution in [0.1, 0.15) is 40.0 Å². The SMILES string of the molecule is Cc1cc(N2CCCC2)nc(SCc2ccc(C(=O)N(C)Cc3ccccc3)cc2)n1. The first kappa shape index (κ1) is 21.4. The summed E-state index contributed by atoms with van der Waals surface area (Å²) in [5.41, 5.74) is 3.98. The maximum absolute atomic E-state index is 12.7. The van der Waals surface area contributed by atoms with Gasteiger partial charge in [0.05, 0.1) is 0 Å². The summed E-state index contributed by atoms with van der Waals surface area (Å²) in [6, 6.07) is 20.0. The molecule has 0 saturated carbocycles. The lowest BCUT2D eigenvalue weighted by Crippen LogP contribution is -2.26. The van der Waals surface area contributed by atoms with Crippen LogP contribution in [0.3, 0.4) is 0 Å². The largest absolute Gasteiger partial charge is 0.356 e. The Morgan fingerprint density at radius 2 is 1.71 bits per heavy atom. The molecule has 0 aliphatic carbocycles. The third-order valence-electron chi connectivity index (χ3n) is 5.43. The molecule has 6 heteroatoms. The Balaban J connectivity index is 1.36. The van der Waals surface area contributed by atoms with E-state index in [9.17, 15) is 4.79 Å². The third-order valence-corrected chi connectivity index (χ3v) is 6.35. The molecule has 0 radical (unpaired) electrons. The van der Waals surface area contributed by atoms with Crippen LogP contribution in [0.4, 0.5) is 5.82 Å². The summed E-state index contributed by atoms with van der Waals surface area (Å²) in [6.45, 7) is 4.78. The molecular formula is C25H28N4OS. The van der Waals surface area contributed by atoms with Crippen molar-refractivity contribution in [1.29, 1.82) is 0 Å². The van der Waals surface area contributed by atoms with Gasteiger partial charge in [0.2, 0.25) is 0 Å². The number of carbonyl (C=O) groups is 1. The molecule has 4 rings (SSSR count). The van der Waals surface area contributed by atoms with Crippen molar-refractivity contribution >= 4 is 23.5 Å². The highest BCUT2D eigenvalue weighted by atomic mass is 32.2. The number of hydrogen-bond acceptors (Lipinski definition) is 5. The van der Waals surface area contributed by atoms with E-state index < -0.39 is 0 Å². The Labute approximate surface area is 188 Å². The summed E-state index contributed by atoms with van der Waals surface area (Å²) in [4.78, 5) is 26.2. The second-order valence-corrected chi connectivity index (χ2v) is 8.92. The van der Waals surface area contributed by atoms with Gasteiger partial charge in [-0.3, -0.25) is 4.79 Å². The summed E-state index contributed by atoms with van der Waals surface area (Å²) in [5, 5.41) is 0.810. The summed E-state index contributed by atoms with van der Waals surface area (Å²) in [6.07, 6.45) is 2.47. The number of hydrogen-bond donors (Lipinski definition) is 0. The second-order valence-electron chi connectivity index (χ2n) is 7.98. The summed E-state index contributed by atoms with van der Waals surface area (Å²) in [5.74, 6) is 1.84. The maximum atomic E-state index is 12.7. The van der Waals surface area contributed by atoms with Crippen LogP contribution in [0.15, 0.2) is 65.8 Å². The van der Waals surface area contributed by atoms with E-state index >= 15 is 0 Å². The molecule has 0 spiro atoms. The number of anilines is 1. The number of aryl methyl sites for hydroxylation is 1. The fourth-order valence-electron chi connectivity index (χ4n) is 3.74. The fraction of sp³-hybridized carbons (Fsp3) is 0.320. The molecule has 0 atom stereocenters. The van der Waals surface area contributed by atoms with Crippen molar-refractivity contribution in [1.82, 2.24) is 14.9 Å². The van der Waals surface area contributed by atoms with Gasteiger partial charge in [0.15, 0.2) is 5.16 Å². The van der Waals surface area contributed by atoms with E-state index in [2.05, 4.69) is 16.0 Å². The Morgan fingerprint density at radius 1 is 1.00 bits per heavy atom. The van der Waals surface area contributed by atoms with Crippen molar-refractivity contribution in [3.63, 3.8) is 0 Å². The van der Waals surface area contributed by atoms with Gasteiger partial charge >= 0.3 is 0 Å². The molecule has 1 amide bonds. The first-order valence-electron chi connectivity index (χ1n) is 10.7. The van der Waals surface area contributed by atoms with E-state index in [0.29, 0.717) is 12.1 Å². The fourth-order valence-corrected chi connectivity index (χ4v) is 4.59. The van der Waals surface area contributed by atoms with Crippen LogP contribution in [0.5, 0.6) is 0 Å². The van der Waals surface area contributed by atoms with Crippen molar-refractivity contribution in [2.24, 2.45) is 0 Å². The molecule has 1 saturated heterocycles. The Kier molecular flexibility index (Phi) is 6.87. The molecule has 1 aliphatic heterocycles.